The van der Waals surface area contributed by atoms with Crippen molar-refractivity contribution in [2.45, 2.75) is 12.8 Å². The minimum absolute atomic E-state index is 0.222. The largest absolute Gasteiger partial charge is 0.383 e. The number of carbonyl (C=O) groups is 2. The van der Waals surface area contributed by atoms with Gasteiger partial charge in [-0.1, -0.05) is 30.3 Å². The SMILES string of the molecule is N#Cc1cnc2ccccc2c1NCCCCN1C(=O)c2ccccc2C1=O. The summed E-state index contributed by atoms with van der Waals surface area (Å²) < 4.78 is 0. The first-order valence-corrected chi connectivity index (χ1v) is 9.17. The lowest BCUT2D eigenvalue weighted by Gasteiger charge is -2.14. The van der Waals surface area contributed by atoms with Gasteiger partial charge >= 0.3 is 0 Å². The van der Waals surface area contributed by atoms with Crippen LogP contribution in [0.1, 0.15) is 39.1 Å². The minimum Gasteiger partial charge on any atom is -0.383 e. The number of fused-ring (bicyclic) bond motifs is 2. The lowest BCUT2D eigenvalue weighted by atomic mass is 10.1. The number of unbranched alkanes of at least 4 members (excludes halogenated alkanes) is 1. The molecule has 1 N–H and O–H groups in total. The van der Waals surface area contributed by atoms with Crippen molar-refractivity contribution >= 4 is 28.4 Å². The molecule has 3 aromatic rings. The molecule has 0 spiro atoms. The topological polar surface area (TPSA) is 86.1 Å². The molecular formula is C22H18N4O2. The van der Waals surface area contributed by atoms with Crippen molar-refractivity contribution in [3.63, 3.8) is 0 Å². The number of hydrogen-bond acceptors (Lipinski definition) is 5. The molecule has 1 aromatic heterocycles. The number of nitriles is 1. The Bertz CT molecular complexity index is 1080. The number of imide groups is 1. The van der Waals surface area contributed by atoms with Crippen LogP contribution in [-0.4, -0.2) is 34.8 Å². The Balaban J connectivity index is 1.37. The third-order valence-electron chi connectivity index (χ3n) is 4.88. The number of anilines is 1. The molecule has 0 saturated carbocycles. The molecule has 1 aliphatic rings. The van der Waals surface area contributed by atoms with E-state index in [4.69, 9.17) is 0 Å². The quantitative estimate of drug-likeness (QED) is 0.529. The Hall–Kier alpha value is -3.72. The van der Waals surface area contributed by atoms with Gasteiger partial charge in [-0.2, -0.15) is 5.26 Å². The van der Waals surface area contributed by atoms with Crippen LogP contribution in [0.3, 0.4) is 0 Å². The van der Waals surface area contributed by atoms with E-state index in [2.05, 4.69) is 16.4 Å². The molecule has 2 amide bonds. The average Bonchev–Trinajstić information content (AvgIpc) is 2.98. The summed E-state index contributed by atoms with van der Waals surface area (Å²) in [5.74, 6) is -0.444. The molecule has 28 heavy (non-hydrogen) atoms. The van der Waals surface area contributed by atoms with Gasteiger partial charge in [-0.25, -0.2) is 0 Å². The second kappa shape index (κ2) is 7.49. The molecule has 0 atom stereocenters. The molecule has 4 rings (SSSR count). The lowest BCUT2D eigenvalue weighted by molar-refractivity contribution is 0.0652. The summed E-state index contributed by atoms with van der Waals surface area (Å²) in [6.07, 6.45) is 3.02. The summed E-state index contributed by atoms with van der Waals surface area (Å²) in [7, 11) is 0. The van der Waals surface area contributed by atoms with Gasteiger partial charge in [-0.3, -0.25) is 19.5 Å². The smallest absolute Gasteiger partial charge is 0.261 e. The predicted molar refractivity (Wildman–Crippen MR) is 106 cm³/mol. The van der Waals surface area contributed by atoms with Crippen molar-refractivity contribution in [3.05, 3.63) is 71.4 Å². The summed E-state index contributed by atoms with van der Waals surface area (Å²) in [5, 5.41) is 13.6. The van der Waals surface area contributed by atoms with Crippen molar-refractivity contribution in [2.24, 2.45) is 0 Å². The maximum absolute atomic E-state index is 12.4. The van der Waals surface area contributed by atoms with Crippen LogP contribution >= 0.6 is 0 Å². The third-order valence-corrected chi connectivity index (χ3v) is 4.88. The van der Waals surface area contributed by atoms with Gasteiger partial charge in [0.25, 0.3) is 11.8 Å². The summed E-state index contributed by atoms with van der Waals surface area (Å²) >= 11 is 0. The van der Waals surface area contributed by atoms with Crippen LogP contribution in [-0.2, 0) is 0 Å². The van der Waals surface area contributed by atoms with Crippen LogP contribution < -0.4 is 5.32 Å². The number of pyridine rings is 1. The van der Waals surface area contributed by atoms with Crippen LogP contribution in [0.15, 0.2) is 54.7 Å². The molecule has 6 nitrogen and oxygen atoms in total. The first-order chi connectivity index (χ1) is 13.7. The normalized spacial score (nSPS) is 12.9. The molecule has 0 bridgehead atoms. The number of benzene rings is 2. The molecule has 0 radical (unpaired) electrons. The van der Waals surface area contributed by atoms with Crippen molar-refractivity contribution in [3.8, 4) is 6.07 Å². The monoisotopic (exact) mass is 370 g/mol. The van der Waals surface area contributed by atoms with Gasteiger partial charge in [0.05, 0.1) is 27.9 Å². The van der Waals surface area contributed by atoms with Crippen molar-refractivity contribution < 1.29 is 9.59 Å². The fourth-order valence-electron chi connectivity index (χ4n) is 3.47. The van der Waals surface area contributed by atoms with E-state index in [9.17, 15) is 14.9 Å². The number of rotatable bonds is 6. The van der Waals surface area contributed by atoms with E-state index in [0.717, 1.165) is 23.0 Å². The van der Waals surface area contributed by atoms with E-state index in [0.29, 0.717) is 36.2 Å². The molecule has 2 heterocycles. The number of para-hydroxylation sites is 1. The molecule has 0 fully saturated rings. The zero-order valence-electron chi connectivity index (χ0n) is 15.2. The van der Waals surface area contributed by atoms with Crippen LogP contribution in [0.5, 0.6) is 0 Å². The zero-order valence-corrected chi connectivity index (χ0v) is 15.2. The standard InChI is InChI=1S/C22H18N4O2/c23-13-15-14-25-19-10-4-3-9-18(19)20(15)24-11-5-6-12-26-21(27)16-7-1-2-8-17(16)22(26)28/h1-4,7-10,14H,5-6,11-12H2,(H,24,25). The van der Waals surface area contributed by atoms with Gasteiger partial charge in [0.15, 0.2) is 0 Å². The average molecular weight is 370 g/mol. The number of nitrogens with one attached hydrogen (secondary N) is 1. The molecule has 0 unspecified atom stereocenters. The van der Waals surface area contributed by atoms with Gasteiger partial charge in [-0.15, -0.1) is 0 Å². The number of carbonyl (C=O) groups excluding carboxylic acids is 2. The van der Waals surface area contributed by atoms with E-state index in [1.807, 2.05) is 24.3 Å². The van der Waals surface area contributed by atoms with Crippen LogP contribution in [0.4, 0.5) is 5.69 Å². The molecular weight excluding hydrogens is 352 g/mol. The maximum atomic E-state index is 12.4. The van der Waals surface area contributed by atoms with E-state index in [-0.39, 0.29) is 11.8 Å². The number of amides is 2. The van der Waals surface area contributed by atoms with Gasteiger partial charge in [-0.05, 0) is 31.0 Å². The number of hydrogen-bond donors (Lipinski definition) is 1. The lowest BCUT2D eigenvalue weighted by Crippen LogP contribution is -2.30. The van der Waals surface area contributed by atoms with Crippen molar-refractivity contribution in [1.29, 1.82) is 5.26 Å². The first-order valence-electron chi connectivity index (χ1n) is 9.17. The molecule has 2 aromatic carbocycles. The number of nitrogens with zero attached hydrogens (tertiary/aromatic N) is 3. The summed E-state index contributed by atoms with van der Waals surface area (Å²) in [5.41, 5.74) is 3.06. The second-order valence-electron chi connectivity index (χ2n) is 6.62. The molecule has 1 aliphatic heterocycles. The summed E-state index contributed by atoms with van der Waals surface area (Å²) in [4.78, 5) is 30.4. The highest BCUT2D eigenvalue weighted by atomic mass is 16.2. The highest BCUT2D eigenvalue weighted by Gasteiger charge is 2.34. The van der Waals surface area contributed by atoms with Gasteiger partial charge in [0.1, 0.15) is 6.07 Å². The second-order valence-corrected chi connectivity index (χ2v) is 6.62. The Morgan fingerprint density at radius 3 is 2.36 bits per heavy atom. The summed E-state index contributed by atoms with van der Waals surface area (Å²) in [6.45, 7) is 1.02. The highest BCUT2D eigenvalue weighted by Crippen LogP contribution is 2.26. The van der Waals surface area contributed by atoms with E-state index in [1.165, 1.54) is 4.90 Å². The van der Waals surface area contributed by atoms with Crippen LogP contribution in [0.2, 0.25) is 0 Å². The van der Waals surface area contributed by atoms with Gasteiger partial charge in [0, 0.05) is 24.7 Å². The summed E-state index contributed by atoms with van der Waals surface area (Å²) in [6, 6.07) is 16.8. The Kier molecular flexibility index (Phi) is 4.73. The Labute approximate surface area is 162 Å². The van der Waals surface area contributed by atoms with Crippen LogP contribution in [0.25, 0.3) is 10.9 Å². The predicted octanol–water partition coefficient (Wildman–Crippen LogP) is 3.59. The Morgan fingerprint density at radius 2 is 1.64 bits per heavy atom. The molecule has 138 valence electrons. The number of aromatic nitrogens is 1. The molecule has 0 aliphatic carbocycles. The molecule has 6 heteroatoms. The van der Waals surface area contributed by atoms with Gasteiger partial charge < -0.3 is 5.32 Å². The molecule has 0 saturated heterocycles. The highest BCUT2D eigenvalue weighted by molar-refractivity contribution is 6.21. The Morgan fingerprint density at radius 1 is 0.964 bits per heavy atom. The fraction of sp³-hybridized carbons (Fsp3) is 0.182. The van der Waals surface area contributed by atoms with Crippen molar-refractivity contribution in [2.75, 3.05) is 18.4 Å². The maximum Gasteiger partial charge on any atom is 0.261 e. The first kappa shape index (κ1) is 17.7. The van der Waals surface area contributed by atoms with E-state index >= 15 is 0 Å². The van der Waals surface area contributed by atoms with E-state index in [1.54, 1.807) is 30.5 Å². The zero-order chi connectivity index (χ0) is 19.5. The van der Waals surface area contributed by atoms with Crippen LogP contribution in [0, 0.1) is 11.3 Å². The van der Waals surface area contributed by atoms with E-state index < -0.39 is 0 Å². The third kappa shape index (κ3) is 3.08. The fourth-order valence-corrected chi connectivity index (χ4v) is 3.47. The minimum atomic E-state index is -0.222. The van der Waals surface area contributed by atoms with Gasteiger partial charge in [0.2, 0.25) is 0 Å². The van der Waals surface area contributed by atoms with Crippen molar-refractivity contribution in [1.82, 2.24) is 9.88 Å².